The summed E-state index contributed by atoms with van der Waals surface area (Å²) in [6, 6.07) is 9.53. The molecule has 4 rings (SSSR count). The average Bonchev–Trinajstić information content (AvgIpc) is 3.41. The Bertz CT molecular complexity index is 656. The third-order valence-corrected chi connectivity index (χ3v) is 5.97. The first kappa shape index (κ1) is 18.5. The van der Waals surface area contributed by atoms with Gasteiger partial charge in [0.1, 0.15) is 5.75 Å². The average molecular weight is 369 g/mol. The maximum atomic E-state index is 5.87. The Morgan fingerprint density at radius 3 is 2.48 bits per heavy atom. The molecule has 0 bridgehead atoms. The number of imidazole rings is 1. The SMILES string of the molecule is c1cn(CCCOc2ccc(CN3CCN(C4CCCC4)CC3)cc2)cn1. The van der Waals surface area contributed by atoms with E-state index in [1.807, 2.05) is 18.7 Å². The predicted octanol–water partition coefficient (Wildman–Crippen LogP) is 3.41. The molecule has 2 aromatic rings. The summed E-state index contributed by atoms with van der Waals surface area (Å²) in [4.78, 5) is 9.37. The van der Waals surface area contributed by atoms with E-state index >= 15 is 0 Å². The number of ether oxygens (including phenoxy) is 1. The molecule has 0 amide bonds. The van der Waals surface area contributed by atoms with Crippen LogP contribution in [0.1, 0.15) is 37.7 Å². The fourth-order valence-electron chi connectivity index (χ4n) is 4.36. The molecule has 2 aliphatic rings. The van der Waals surface area contributed by atoms with Crippen molar-refractivity contribution in [1.82, 2.24) is 19.4 Å². The zero-order valence-corrected chi connectivity index (χ0v) is 16.3. The lowest BCUT2D eigenvalue weighted by Gasteiger charge is -2.38. The van der Waals surface area contributed by atoms with Gasteiger partial charge in [-0.1, -0.05) is 25.0 Å². The zero-order valence-electron chi connectivity index (χ0n) is 16.3. The maximum Gasteiger partial charge on any atom is 0.119 e. The van der Waals surface area contributed by atoms with Crippen molar-refractivity contribution in [3.8, 4) is 5.75 Å². The van der Waals surface area contributed by atoms with E-state index in [0.29, 0.717) is 0 Å². The van der Waals surface area contributed by atoms with Crippen molar-refractivity contribution < 1.29 is 4.74 Å². The molecule has 5 heteroatoms. The predicted molar refractivity (Wildman–Crippen MR) is 108 cm³/mol. The van der Waals surface area contributed by atoms with Crippen LogP contribution in [0.2, 0.25) is 0 Å². The van der Waals surface area contributed by atoms with Crippen molar-refractivity contribution in [2.75, 3.05) is 32.8 Å². The highest BCUT2D eigenvalue weighted by atomic mass is 16.5. The summed E-state index contributed by atoms with van der Waals surface area (Å²) >= 11 is 0. The molecular weight excluding hydrogens is 336 g/mol. The normalized spacial score (nSPS) is 19.6. The monoisotopic (exact) mass is 368 g/mol. The van der Waals surface area contributed by atoms with Gasteiger partial charge in [-0.25, -0.2) is 4.98 Å². The molecule has 0 atom stereocenters. The number of aromatic nitrogens is 2. The van der Waals surface area contributed by atoms with Crippen LogP contribution in [-0.2, 0) is 13.1 Å². The third kappa shape index (κ3) is 5.33. The van der Waals surface area contributed by atoms with Crippen LogP contribution in [0.25, 0.3) is 0 Å². The second-order valence-corrected chi connectivity index (χ2v) is 7.90. The molecule has 0 N–H and O–H groups in total. The molecule has 1 aromatic heterocycles. The third-order valence-electron chi connectivity index (χ3n) is 5.97. The molecule has 27 heavy (non-hydrogen) atoms. The molecule has 1 aliphatic carbocycles. The van der Waals surface area contributed by atoms with Gasteiger partial charge in [0.15, 0.2) is 0 Å². The molecule has 1 aliphatic heterocycles. The van der Waals surface area contributed by atoms with E-state index in [4.69, 9.17) is 4.74 Å². The summed E-state index contributed by atoms with van der Waals surface area (Å²) in [6.07, 6.45) is 12.3. The summed E-state index contributed by atoms with van der Waals surface area (Å²) in [5.41, 5.74) is 1.38. The van der Waals surface area contributed by atoms with Crippen LogP contribution >= 0.6 is 0 Å². The van der Waals surface area contributed by atoms with Gasteiger partial charge in [-0.15, -0.1) is 0 Å². The molecule has 0 spiro atoms. The minimum atomic E-state index is 0.737. The van der Waals surface area contributed by atoms with Gasteiger partial charge >= 0.3 is 0 Å². The van der Waals surface area contributed by atoms with Crippen molar-refractivity contribution in [1.29, 1.82) is 0 Å². The Kier molecular flexibility index (Phi) is 6.43. The van der Waals surface area contributed by atoms with Crippen molar-refractivity contribution in [3.05, 3.63) is 48.5 Å². The first-order chi connectivity index (χ1) is 13.4. The van der Waals surface area contributed by atoms with Crippen LogP contribution in [0.4, 0.5) is 0 Å². The van der Waals surface area contributed by atoms with Crippen LogP contribution < -0.4 is 4.74 Å². The summed E-state index contributed by atoms with van der Waals surface area (Å²) in [5, 5.41) is 0. The Balaban J connectivity index is 1.16. The Labute approximate surface area is 162 Å². The van der Waals surface area contributed by atoms with Gasteiger partial charge < -0.3 is 9.30 Å². The molecular formula is C22H32N4O. The lowest BCUT2D eigenvalue weighted by atomic mass is 10.1. The first-order valence-corrected chi connectivity index (χ1v) is 10.5. The lowest BCUT2D eigenvalue weighted by molar-refractivity contribution is 0.0937. The molecule has 0 unspecified atom stereocenters. The van der Waals surface area contributed by atoms with E-state index in [2.05, 4.69) is 43.6 Å². The lowest BCUT2D eigenvalue weighted by Crippen LogP contribution is -2.49. The summed E-state index contributed by atoms with van der Waals surface area (Å²) < 4.78 is 7.95. The van der Waals surface area contributed by atoms with Gasteiger partial charge in [0, 0.05) is 57.7 Å². The van der Waals surface area contributed by atoms with Gasteiger partial charge in [0.2, 0.25) is 0 Å². The molecule has 2 heterocycles. The van der Waals surface area contributed by atoms with E-state index in [9.17, 15) is 0 Å². The number of benzene rings is 1. The minimum absolute atomic E-state index is 0.737. The number of rotatable bonds is 8. The van der Waals surface area contributed by atoms with E-state index < -0.39 is 0 Å². The maximum absolute atomic E-state index is 5.87. The highest BCUT2D eigenvalue weighted by Crippen LogP contribution is 2.24. The Morgan fingerprint density at radius 1 is 1.00 bits per heavy atom. The fourth-order valence-corrected chi connectivity index (χ4v) is 4.36. The van der Waals surface area contributed by atoms with Crippen LogP contribution in [0.5, 0.6) is 5.75 Å². The molecule has 2 fully saturated rings. The standard InChI is InChI=1S/C22H32N4O/c1-2-5-21(4-1)26-15-13-24(14-16-26)18-20-6-8-22(9-7-20)27-17-3-11-25-12-10-23-19-25/h6-10,12,19,21H,1-5,11,13-18H2. The Morgan fingerprint density at radius 2 is 1.78 bits per heavy atom. The zero-order chi connectivity index (χ0) is 18.3. The van der Waals surface area contributed by atoms with Gasteiger partial charge in [-0.3, -0.25) is 9.80 Å². The van der Waals surface area contributed by atoms with E-state index in [0.717, 1.165) is 37.9 Å². The molecule has 1 aromatic carbocycles. The van der Waals surface area contributed by atoms with Gasteiger partial charge in [0.25, 0.3) is 0 Å². The second kappa shape index (κ2) is 9.38. The van der Waals surface area contributed by atoms with Crippen LogP contribution in [0, 0.1) is 0 Å². The second-order valence-electron chi connectivity index (χ2n) is 7.90. The molecule has 1 saturated carbocycles. The van der Waals surface area contributed by atoms with Gasteiger partial charge in [0.05, 0.1) is 12.9 Å². The summed E-state index contributed by atoms with van der Waals surface area (Å²) in [7, 11) is 0. The minimum Gasteiger partial charge on any atom is -0.494 e. The van der Waals surface area contributed by atoms with Gasteiger partial charge in [-0.05, 0) is 37.0 Å². The number of hydrogen-bond donors (Lipinski definition) is 0. The van der Waals surface area contributed by atoms with E-state index in [-0.39, 0.29) is 0 Å². The molecule has 1 saturated heterocycles. The van der Waals surface area contributed by atoms with Crippen LogP contribution in [-0.4, -0.2) is 58.2 Å². The number of nitrogens with zero attached hydrogens (tertiary/aromatic N) is 4. The van der Waals surface area contributed by atoms with Crippen LogP contribution in [0.15, 0.2) is 43.0 Å². The number of aryl methyl sites for hydroxylation is 1. The number of hydrogen-bond acceptors (Lipinski definition) is 4. The fraction of sp³-hybridized carbons (Fsp3) is 0.591. The molecule has 5 nitrogen and oxygen atoms in total. The molecule has 0 radical (unpaired) electrons. The summed E-state index contributed by atoms with van der Waals surface area (Å²) in [6.45, 7) is 7.61. The van der Waals surface area contributed by atoms with Crippen molar-refractivity contribution in [2.45, 2.75) is 51.2 Å². The van der Waals surface area contributed by atoms with Crippen LogP contribution in [0.3, 0.4) is 0 Å². The first-order valence-electron chi connectivity index (χ1n) is 10.5. The topological polar surface area (TPSA) is 33.5 Å². The Hall–Kier alpha value is -1.85. The summed E-state index contributed by atoms with van der Waals surface area (Å²) in [5.74, 6) is 0.968. The van der Waals surface area contributed by atoms with Crippen molar-refractivity contribution in [2.24, 2.45) is 0 Å². The molecule has 146 valence electrons. The van der Waals surface area contributed by atoms with Crippen molar-refractivity contribution in [3.63, 3.8) is 0 Å². The van der Waals surface area contributed by atoms with E-state index in [1.54, 1.807) is 0 Å². The smallest absolute Gasteiger partial charge is 0.119 e. The largest absolute Gasteiger partial charge is 0.494 e. The quantitative estimate of drug-likeness (QED) is 0.669. The highest BCUT2D eigenvalue weighted by molar-refractivity contribution is 5.27. The van der Waals surface area contributed by atoms with E-state index in [1.165, 1.54) is 57.4 Å². The van der Waals surface area contributed by atoms with Crippen molar-refractivity contribution >= 4 is 0 Å². The number of piperazine rings is 1. The van der Waals surface area contributed by atoms with Gasteiger partial charge in [-0.2, -0.15) is 0 Å². The highest BCUT2D eigenvalue weighted by Gasteiger charge is 2.25.